The molecule has 2 aromatic rings. The van der Waals surface area contributed by atoms with E-state index < -0.39 is 0 Å². The van der Waals surface area contributed by atoms with Gasteiger partial charge in [0.2, 0.25) is 0 Å². The fraction of sp³-hybridized carbons (Fsp3) is 0. The predicted molar refractivity (Wildman–Crippen MR) is 56.7 cm³/mol. The molecule has 2 N–H and O–H groups in total. The van der Waals surface area contributed by atoms with Crippen LogP contribution in [0, 0.1) is 6.07 Å². The van der Waals surface area contributed by atoms with E-state index in [0.717, 1.165) is 11.4 Å². The van der Waals surface area contributed by atoms with Crippen molar-refractivity contribution in [1.29, 1.82) is 0 Å². The maximum atomic E-state index is 9.58. The summed E-state index contributed by atoms with van der Waals surface area (Å²) in [6.45, 7) is 0. The van der Waals surface area contributed by atoms with Crippen LogP contribution in [0.2, 0.25) is 0 Å². The van der Waals surface area contributed by atoms with Gasteiger partial charge >= 0.3 is 0 Å². The van der Waals surface area contributed by atoms with E-state index >= 15 is 0 Å². The van der Waals surface area contributed by atoms with Crippen LogP contribution >= 0.6 is 0 Å². The number of para-hydroxylation sites is 2. The van der Waals surface area contributed by atoms with E-state index in [-0.39, 0.29) is 5.75 Å². The molecule has 0 aromatic heterocycles. The molecule has 0 saturated heterocycles. The van der Waals surface area contributed by atoms with Crippen molar-refractivity contribution in [3.63, 3.8) is 0 Å². The fourth-order valence-electron chi connectivity index (χ4n) is 1.59. The molecule has 0 amide bonds. The molecule has 3 heteroatoms. The third-order valence-electron chi connectivity index (χ3n) is 2.30. The van der Waals surface area contributed by atoms with Crippen LogP contribution in [-0.4, -0.2) is 5.11 Å². The van der Waals surface area contributed by atoms with Gasteiger partial charge < -0.3 is 15.2 Å². The predicted octanol–water partition coefficient (Wildman–Crippen LogP) is 3.04. The Bertz CT molecular complexity index is 523. The van der Waals surface area contributed by atoms with Crippen molar-refractivity contribution in [3.8, 4) is 17.2 Å². The maximum Gasteiger partial charge on any atom is 0.154 e. The van der Waals surface area contributed by atoms with Gasteiger partial charge in [0.05, 0.1) is 5.69 Å². The molecule has 1 aliphatic heterocycles. The van der Waals surface area contributed by atoms with Crippen LogP contribution in [0.3, 0.4) is 0 Å². The monoisotopic (exact) mass is 198 g/mol. The number of hydrogen-bond acceptors (Lipinski definition) is 3. The number of fused-ring (bicyclic) bond motifs is 2. The van der Waals surface area contributed by atoms with Crippen LogP contribution in [-0.2, 0) is 0 Å². The first-order chi connectivity index (χ1) is 7.34. The van der Waals surface area contributed by atoms with E-state index in [1.54, 1.807) is 12.1 Å². The van der Waals surface area contributed by atoms with Gasteiger partial charge in [-0.15, -0.1) is 0 Å². The summed E-state index contributed by atoms with van der Waals surface area (Å²) < 4.78 is 5.62. The molecule has 0 saturated carbocycles. The zero-order valence-corrected chi connectivity index (χ0v) is 7.82. The van der Waals surface area contributed by atoms with Crippen molar-refractivity contribution in [2.75, 3.05) is 5.32 Å². The molecule has 1 aliphatic rings. The summed E-state index contributed by atoms with van der Waals surface area (Å²) in [6.07, 6.45) is 0. The Labute approximate surface area is 86.9 Å². The van der Waals surface area contributed by atoms with E-state index in [4.69, 9.17) is 4.74 Å². The van der Waals surface area contributed by atoms with Crippen molar-refractivity contribution < 1.29 is 9.84 Å². The number of anilines is 2. The molecule has 1 heterocycles. The molecular formula is C12H8NO2. The van der Waals surface area contributed by atoms with Gasteiger partial charge in [-0.05, 0) is 24.3 Å². The summed E-state index contributed by atoms with van der Waals surface area (Å²) >= 11 is 0. The lowest BCUT2D eigenvalue weighted by Gasteiger charge is -2.21. The van der Waals surface area contributed by atoms with Crippen molar-refractivity contribution >= 4 is 11.4 Å². The molecule has 1 radical (unpaired) electrons. The van der Waals surface area contributed by atoms with Gasteiger partial charge in [-0.3, -0.25) is 0 Å². The number of nitrogens with one attached hydrogen (secondary N) is 1. The average Bonchev–Trinajstić information content (AvgIpc) is 2.27. The lowest BCUT2D eigenvalue weighted by atomic mass is 10.2. The molecule has 0 spiro atoms. The number of hydrogen-bond donors (Lipinski definition) is 2. The molecular weight excluding hydrogens is 190 g/mol. The van der Waals surface area contributed by atoms with Gasteiger partial charge in [0.25, 0.3) is 0 Å². The van der Waals surface area contributed by atoms with Crippen molar-refractivity contribution in [3.05, 3.63) is 42.5 Å². The van der Waals surface area contributed by atoms with Crippen molar-refractivity contribution in [2.45, 2.75) is 0 Å². The molecule has 3 rings (SSSR count). The van der Waals surface area contributed by atoms with Gasteiger partial charge in [-0.2, -0.15) is 0 Å². The average molecular weight is 198 g/mol. The smallest absolute Gasteiger partial charge is 0.154 e. The van der Waals surface area contributed by atoms with Crippen molar-refractivity contribution in [1.82, 2.24) is 0 Å². The molecule has 2 aromatic carbocycles. The SMILES string of the molecule is Oc1[c]ccc2c1Nc1ccccc1O2. The summed E-state index contributed by atoms with van der Waals surface area (Å²) in [7, 11) is 0. The summed E-state index contributed by atoms with van der Waals surface area (Å²) in [6, 6.07) is 13.7. The Kier molecular flexibility index (Phi) is 1.59. The number of benzene rings is 2. The molecule has 0 atom stereocenters. The standard InChI is InChI=1S/C12H8NO2/c14-9-5-3-7-11-12(9)13-8-4-1-2-6-10(8)15-11/h1-4,6-7,13-14H. The van der Waals surface area contributed by atoms with E-state index in [9.17, 15) is 5.11 Å². The number of ether oxygens (including phenoxy) is 1. The zero-order valence-electron chi connectivity index (χ0n) is 7.82. The Morgan fingerprint density at radius 1 is 1.13 bits per heavy atom. The van der Waals surface area contributed by atoms with Gasteiger partial charge in [0.15, 0.2) is 17.2 Å². The molecule has 15 heavy (non-hydrogen) atoms. The van der Waals surface area contributed by atoms with Gasteiger partial charge in [0, 0.05) is 6.07 Å². The Hall–Kier alpha value is -2.16. The van der Waals surface area contributed by atoms with E-state index in [2.05, 4.69) is 11.4 Å². The lowest BCUT2D eigenvalue weighted by molar-refractivity contribution is 0.454. The Morgan fingerprint density at radius 2 is 2.00 bits per heavy atom. The highest BCUT2D eigenvalue weighted by molar-refractivity contribution is 5.79. The van der Waals surface area contributed by atoms with E-state index in [1.807, 2.05) is 24.3 Å². The third kappa shape index (κ3) is 1.21. The molecule has 0 bridgehead atoms. The van der Waals surface area contributed by atoms with Crippen LogP contribution in [0.15, 0.2) is 36.4 Å². The number of phenolic OH excluding ortho intramolecular Hbond substituents is 1. The highest BCUT2D eigenvalue weighted by Crippen LogP contribution is 2.45. The first kappa shape index (κ1) is 8.17. The van der Waals surface area contributed by atoms with Crippen LogP contribution in [0.5, 0.6) is 17.2 Å². The zero-order chi connectivity index (χ0) is 10.3. The summed E-state index contributed by atoms with van der Waals surface area (Å²) in [5.41, 5.74) is 1.41. The first-order valence-electron chi connectivity index (χ1n) is 4.62. The number of rotatable bonds is 0. The quantitative estimate of drug-likeness (QED) is 0.545. The summed E-state index contributed by atoms with van der Waals surface area (Å²) in [5.74, 6) is 1.45. The van der Waals surface area contributed by atoms with Gasteiger partial charge in [-0.1, -0.05) is 12.1 Å². The summed E-state index contributed by atoms with van der Waals surface area (Å²) in [4.78, 5) is 0. The molecule has 3 nitrogen and oxygen atoms in total. The highest BCUT2D eigenvalue weighted by Gasteiger charge is 2.18. The second-order valence-electron chi connectivity index (χ2n) is 3.29. The fourth-order valence-corrected chi connectivity index (χ4v) is 1.59. The molecule has 0 aliphatic carbocycles. The molecule has 0 fully saturated rings. The highest BCUT2D eigenvalue weighted by atomic mass is 16.5. The van der Waals surface area contributed by atoms with E-state index in [1.165, 1.54) is 0 Å². The maximum absolute atomic E-state index is 9.58. The van der Waals surface area contributed by atoms with Crippen LogP contribution in [0.4, 0.5) is 11.4 Å². The largest absolute Gasteiger partial charge is 0.505 e. The first-order valence-corrected chi connectivity index (χ1v) is 4.62. The number of phenols is 1. The second kappa shape index (κ2) is 2.92. The lowest BCUT2D eigenvalue weighted by Crippen LogP contribution is -2.02. The van der Waals surface area contributed by atoms with Crippen LogP contribution in [0.25, 0.3) is 0 Å². The van der Waals surface area contributed by atoms with Crippen molar-refractivity contribution in [2.24, 2.45) is 0 Å². The minimum absolute atomic E-state index is 0.0713. The summed E-state index contributed by atoms with van der Waals surface area (Å²) in [5, 5.41) is 12.7. The Balaban J connectivity index is 2.15. The minimum Gasteiger partial charge on any atom is -0.505 e. The topological polar surface area (TPSA) is 41.5 Å². The molecule has 73 valence electrons. The minimum atomic E-state index is 0.0713. The third-order valence-corrected chi connectivity index (χ3v) is 2.30. The van der Waals surface area contributed by atoms with Crippen LogP contribution in [0.1, 0.15) is 0 Å². The van der Waals surface area contributed by atoms with Crippen LogP contribution < -0.4 is 10.1 Å². The molecule has 0 unspecified atom stereocenters. The second-order valence-corrected chi connectivity index (χ2v) is 3.29. The normalized spacial score (nSPS) is 12.0. The van der Waals surface area contributed by atoms with Gasteiger partial charge in [-0.25, -0.2) is 0 Å². The Morgan fingerprint density at radius 3 is 2.93 bits per heavy atom. The van der Waals surface area contributed by atoms with E-state index in [0.29, 0.717) is 11.4 Å². The van der Waals surface area contributed by atoms with Gasteiger partial charge in [0.1, 0.15) is 5.69 Å². The number of aromatic hydroxyl groups is 1.